The van der Waals surface area contributed by atoms with Crippen LogP contribution in [0.4, 0.5) is 18.9 Å². The minimum atomic E-state index is -4.52. The fraction of sp³-hybridized carbons (Fsp3) is 0.250. The molecule has 1 heterocycles. The number of para-hydroxylation sites is 1. The summed E-state index contributed by atoms with van der Waals surface area (Å²) >= 11 is 6.28. The molecular weight excluding hydrogens is 473 g/mol. The molecule has 0 saturated carbocycles. The standard InChI is InChI=1S/C24H22ClF3N2O2S/c25-20-11-8-18-7-6-17-4-1-2-5-22(17)30(23(18)16-20)15-3-14-29-33(31,32)21-12-9-19(10-13-21)24(26,27)28/h1-2,4-5,7,9-13,16,29H,3,6,8,14-15H2. The first-order valence-electron chi connectivity index (χ1n) is 10.4. The van der Waals surface area contributed by atoms with Crippen LogP contribution >= 0.6 is 11.6 Å². The van der Waals surface area contributed by atoms with Crippen LogP contribution in [0.3, 0.4) is 0 Å². The summed E-state index contributed by atoms with van der Waals surface area (Å²) in [5, 5.41) is 0.662. The van der Waals surface area contributed by atoms with E-state index in [0.29, 0.717) is 18.0 Å². The molecule has 1 aliphatic carbocycles. The van der Waals surface area contributed by atoms with Gasteiger partial charge >= 0.3 is 6.18 Å². The van der Waals surface area contributed by atoms with E-state index in [-0.39, 0.29) is 11.4 Å². The molecule has 0 aromatic heterocycles. The number of benzene rings is 2. The highest BCUT2D eigenvalue weighted by Gasteiger charge is 2.30. The van der Waals surface area contributed by atoms with Crippen LogP contribution in [0.5, 0.6) is 0 Å². The molecule has 0 amide bonds. The van der Waals surface area contributed by atoms with Crippen LogP contribution < -0.4 is 9.62 Å². The average Bonchev–Trinajstić information content (AvgIpc) is 2.93. The molecule has 4 nitrogen and oxygen atoms in total. The Labute approximate surface area is 196 Å². The van der Waals surface area contributed by atoms with Gasteiger partial charge in [0.05, 0.1) is 10.5 Å². The Morgan fingerprint density at radius 2 is 1.73 bits per heavy atom. The zero-order valence-electron chi connectivity index (χ0n) is 17.6. The van der Waals surface area contributed by atoms with Crippen molar-refractivity contribution in [2.45, 2.75) is 30.3 Å². The molecule has 33 heavy (non-hydrogen) atoms. The molecule has 0 spiro atoms. The quantitative estimate of drug-likeness (QED) is 0.518. The lowest BCUT2D eigenvalue weighted by Gasteiger charge is -2.30. The van der Waals surface area contributed by atoms with Crippen molar-refractivity contribution >= 4 is 27.3 Å². The van der Waals surface area contributed by atoms with Gasteiger partial charge in [0, 0.05) is 29.5 Å². The minimum absolute atomic E-state index is 0.137. The number of rotatable bonds is 6. The van der Waals surface area contributed by atoms with E-state index in [1.54, 1.807) is 0 Å². The van der Waals surface area contributed by atoms with Gasteiger partial charge in [0.25, 0.3) is 0 Å². The molecule has 4 rings (SSSR count). The Kier molecular flexibility index (Phi) is 6.70. The Balaban J connectivity index is 1.46. The second kappa shape index (κ2) is 9.37. The molecule has 1 aliphatic heterocycles. The van der Waals surface area contributed by atoms with Crippen LogP contribution in [-0.4, -0.2) is 21.5 Å². The monoisotopic (exact) mass is 494 g/mol. The lowest BCUT2D eigenvalue weighted by Crippen LogP contribution is -2.30. The van der Waals surface area contributed by atoms with Crippen LogP contribution in [0.2, 0.25) is 0 Å². The number of sulfonamides is 1. The maximum absolute atomic E-state index is 12.7. The summed E-state index contributed by atoms with van der Waals surface area (Å²) in [5.74, 6) is 0. The summed E-state index contributed by atoms with van der Waals surface area (Å²) in [4.78, 5) is 1.95. The van der Waals surface area contributed by atoms with Crippen molar-refractivity contribution in [3.63, 3.8) is 0 Å². The van der Waals surface area contributed by atoms with E-state index in [2.05, 4.69) is 21.8 Å². The van der Waals surface area contributed by atoms with Gasteiger partial charge in [0.2, 0.25) is 10.0 Å². The third-order valence-corrected chi connectivity index (χ3v) is 7.35. The van der Waals surface area contributed by atoms with E-state index in [0.717, 1.165) is 48.5 Å². The van der Waals surface area contributed by atoms with Crippen molar-refractivity contribution < 1.29 is 21.6 Å². The van der Waals surface area contributed by atoms with Gasteiger partial charge < -0.3 is 4.90 Å². The van der Waals surface area contributed by atoms with E-state index in [1.807, 2.05) is 30.4 Å². The predicted octanol–water partition coefficient (Wildman–Crippen LogP) is 5.77. The van der Waals surface area contributed by atoms with E-state index < -0.39 is 21.8 Å². The normalized spacial score (nSPS) is 16.2. The lowest BCUT2D eigenvalue weighted by atomic mass is 10.0. The molecule has 0 atom stereocenters. The largest absolute Gasteiger partial charge is 0.416 e. The van der Waals surface area contributed by atoms with Gasteiger partial charge in [0.1, 0.15) is 0 Å². The van der Waals surface area contributed by atoms with Gasteiger partial charge in [0.15, 0.2) is 0 Å². The van der Waals surface area contributed by atoms with Gasteiger partial charge in [-0.15, -0.1) is 0 Å². The molecule has 9 heteroatoms. The molecule has 0 fully saturated rings. The topological polar surface area (TPSA) is 49.4 Å². The maximum Gasteiger partial charge on any atom is 0.416 e. The predicted molar refractivity (Wildman–Crippen MR) is 123 cm³/mol. The van der Waals surface area contributed by atoms with Crippen LogP contribution in [0, 0.1) is 0 Å². The molecule has 0 unspecified atom stereocenters. The van der Waals surface area contributed by atoms with E-state index in [9.17, 15) is 21.6 Å². The SMILES string of the molecule is O=S(=O)(NCCCN1C2=CC(Cl)=CCC2=CCc2ccccc21)c1ccc(C(F)(F)F)cc1. The third kappa shape index (κ3) is 5.34. The zero-order chi connectivity index (χ0) is 23.6. The summed E-state index contributed by atoms with van der Waals surface area (Å²) in [6, 6.07) is 11.5. The van der Waals surface area contributed by atoms with E-state index in [1.165, 1.54) is 11.1 Å². The van der Waals surface area contributed by atoms with Crippen molar-refractivity contribution in [1.82, 2.24) is 4.72 Å². The van der Waals surface area contributed by atoms with Gasteiger partial charge in [-0.2, -0.15) is 13.2 Å². The highest BCUT2D eigenvalue weighted by molar-refractivity contribution is 7.89. The number of anilines is 1. The molecule has 1 N–H and O–H groups in total. The summed E-state index contributed by atoms with van der Waals surface area (Å²) in [6.07, 6.45) is 3.58. The minimum Gasteiger partial charge on any atom is -0.341 e. The van der Waals surface area contributed by atoms with Gasteiger partial charge in [-0.25, -0.2) is 13.1 Å². The average molecular weight is 495 g/mol. The Hall–Kier alpha value is -2.55. The number of allylic oxidation sites excluding steroid dienone is 5. The number of nitrogens with one attached hydrogen (secondary N) is 1. The fourth-order valence-electron chi connectivity index (χ4n) is 3.93. The summed E-state index contributed by atoms with van der Waals surface area (Å²) in [7, 11) is -3.92. The van der Waals surface area contributed by atoms with Crippen LogP contribution in [-0.2, 0) is 22.6 Å². The highest BCUT2D eigenvalue weighted by Crippen LogP contribution is 2.36. The second-order valence-electron chi connectivity index (χ2n) is 7.81. The zero-order valence-corrected chi connectivity index (χ0v) is 19.1. The lowest BCUT2D eigenvalue weighted by molar-refractivity contribution is -0.137. The Bertz CT molecular complexity index is 1230. The second-order valence-corrected chi connectivity index (χ2v) is 10.0. The summed E-state index contributed by atoms with van der Waals surface area (Å²) < 4.78 is 65.7. The number of hydrogen-bond donors (Lipinski definition) is 1. The van der Waals surface area contributed by atoms with Gasteiger partial charge in [-0.1, -0.05) is 42.0 Å². The number of hydrogen-bond acceptors (Lipinski definition) is 3. The molecule has 2 aliphatic rings. The maximum atomic E-state index is 12.7. The Morgan fingerprint density at radius 1 is 1.00 bits per heavy atom. The molecule has 2 aromatic rings. The van der Waals surface area contributed by atoms with Gasteiger partial charge in [-0.3, -0.25) is 0 Å². The first-order chi connectivity index (χ1) is 15.6. The molecule has 2 aromatic carbocycles. The molecule has 0 saturated heterocycles. The molecule has 0 radical (unpaired) electrons. The van der Waals surface area contributed by atoms with Crippen LogP contribution in [0.15, 0.2) is 88.0 Å². The van der Waals surface area contributed by atoms with Crippen molar-refractivity contribution in [3.8, 4) is 0 Å². The highest BCUT2D eigenvalue weighted by atomic mass is 35.5. The third-order valence-electron chi connectivity index (χ3n) is 5.60. The number of halogens is 4. The number of fused-ring (bicyclic) bond motifs is 2. The Morgan fingerprint density at radius 3 is 2.45 bits per heavy atom. The number of alkyl halides is 3. The number of nitrogens with zero attached hydrogens (tertiary/aromatic N) is 1. The van der Waals surface area contributed by atoms with Crippen molar-refractivity contribution in [3.05, 3.63) is 94.2 Å². The first-order valence-corrected chi connectivity index (χ1v) is 12.3. The first kappa shape index (κ1) is 23.6. The fourth-order valence-corrected chi connectivity index (χ4v) is 5.19. The van der Waals surface area contributed by atoms with Crippen molar-refractivity contribution in [2.75, 3.05) is 18.0 Å². The molecule has 174 valence electrons. The van der Waals surface area contributed by atoms with E-state index in [4.69, 9.17) is 11.6 Å². The van der Waals surface area contributed by atoms with Gasteiger partial charge in [-0.05, 0) is 66.8 Å². The van der Waals surface area contributed by atoms with Crippen LogP contribution in [0.25, 0.3) is 0 Å². The van der Waals surface area contributed by atoms with Crippen LogP contribution in [0.1, 0.15) is 24.0 Å². The summed E-state index contributed by atoms with van der Waals surface area (Å²) in [5.41, 5.74) is 3.49. The smallest absolute Gasteiger partial charge is 0.341 e. The van der Waals surface area contributed by atoms with E-state index >= 15 is 0 Å². The molecular formula is C24H22ClF3N2O2S. The summed E-state index contributed by atoms with van der Waals surface area (Å²) in [6.45, 7) is 0.678. The van der Waals surface area contributed by atoms with Crippen molar-refractivity contribution in [2.24, 2.45) is 0 Å². The van der Waals surface area contributed by atoms with Crippen molar-refractivity contribution in [1.29, 1.82) is 0 Å². The molecule has 0 bridgehead atoms.